The van der Waals surface area contributed by atoms with Crippen LogP contribution >= 0.6 is 0 Å². The Labute approximate surface area is 101 Å². The number of likely N-dealkylation sites (N-methyl/N-ethyl adjacent to an activating group) is 1. The predicted octanol–water partition coefficient (Wildman–Crippen LogP) is 0.857. The molecule has 5 heteroatoms. The Hall–Kier alpha value is -1.62. The van der Waals surface area contributed by atoms with E-state index in [1.54, 1.807) is 18.0 Å². The van der Waals surface area contributed by atoms with Crippen molar-refractivity contribution < 1.29 is 9.18 Å². The molecule has 0 saturated heterocycles. The van der Waals surface area contributed by atoms with E-state index in [1.807, 2.05) is 13.0 Å². The second-order valence-electron chi connectivity index (χ2n) is 3.80. The quantitative estimate of drug-likeness (QED) is 0.774. The van der Waals surface area contributed by atoms with E-state index in [-0.39, 0.29) is 12.4 Å². The van der Waals surface area contributed by atoms with Gasteiger partial charge in [0, 0.05) is 13.1 Å². The highest BCUT2D eigenvalue weighted by Crippen LogP contribution is 2.20. The smallest absolute Gasteiger partial charge is 0.236 e. The molecule has 0 aliphatic heterocycles. The molecule has 1 amide bonds. The molecule has 0 fully saturated rings. The highest BCUT2D eigenvalue weighted by atomic mass is 19.1. The number of hydrogen-bond acceptors (Lipinski definition) is 3. The molecular weight excluding hydrogens is 221 g/mol. The Morgan fingerprint density at radius 1 is 1.53 bits per heavy atom. The summed E-state index contributed by atoms with van der Waals surface area (Å²) in [6, 6.07) is 4.97. The number of carbonyl (C=O) groups is 1. The fourth-order valence-corrected chi connectivity index (χ4v) is 1.68. The van der Waals surface area contributed by atoms with Crippen LogP contribution in [-0.4, -0.2) is 26.0 Å². The molecule has 0 unspecified atom stereocenters. The molecule has 94 valence electrons. The molecule has 0 bridgehead atoms. The summed E-state index contributed by atoms with van der Waals surface area (Å²) in [6.45, 7) is 3.02. The molecule has 1 rings (SSSR count). The third-order valence-electron chi connectivity index (χ3n) is 2.46. The van der Waals surface area contributed by atoms with Crippen LogP contribution in [0.1, 0.15) is 12.5 Å². The highest BCUT2D eigenvalue weighted by molar-refractivity contribution is 5.79. The van der Waals surface area contributed by atoms with Crippen molar-refractivity contribution in [2.24, 2.45) is 5.73 Å². The van der Waals surface area contributed by atoms with Gasteiger partial charge in [-0.3, -0.25) is 4.79 Å². The third-order valence-corrected chi connectivity index (χ3v) is 2.46. The van der Waals surface area contributed by atoms with Crippen molar-refractivity contribution >= 4 is 11.6 Å². The van der Waals surface area contributed by atoms with Crippen molar-refractivity contribution in [3.63, 3.8) is 0 Å². The van der Waals surface area contributed by atoms with E-state index in [1.165, 1.54) is 6.07 Å². The summed E-state index contributed by atoms with van der Waals surface area (Å²) in [4.78, 5) is 12.5. The number of hydrogen-bond donors (Lipinski definition) is 2. The summed E-state index contributed by atoms with van der Waals surface area (Å²) in [5.74, 6) is -0.800. The normalized spacial score (nSPS) is 10.3. The zero-order valence-corrected chi connectivity index (χ0v) is 10.2. The lowest BCUT2D eigenvalue weighted by molar-refractivity contribution is -0.116. The van der Waals surface area contributed by atoms with Gasteiger partial charge >= 0.3 is 0 Å². The average Bonchev–Trinajstić information content (AvgIpc) is 2.27. The molecule has 0 heterocycles. The molecule has 0 aromatic heterocycles. The standard InChI is InChI=1S/C12H18FN3O/c1-3-16(8-12(14)17)11-5-4-9(7-15-2)6-10(11)13/h4-6,15H,3,7-8H2,1-2H3,(H2,14,17). The van der Waals surface area contributed by atoms with Crippen LogP contribution in [0, 0.1) is 5.82 Å². The van der Waals surface area contributed by atoms with Gasteiger partial charge in [0.15, 0.2) is 0 Å². The van der Waals surface area contributed by atoms with Crippen molar-refractivity contribution in [2.75, 3.05) is 25.0 Å². The van der Waals surface area contributed by atoms with Crippen molar-refractivity contribution in [1.29, 1.82) is 0 Å². The largest absolute Gasteiger partial charge is 0.368 e. The molecule has 0 atom stereocenters. The number of primary amides is 1. The number of anilines is 1. The molecule has 1 aromatic carbocycles. The first-order valence-corrected chi connectivity index (χ1v) is 5.54. The lowest BCUT2D eigenvalue weighted by Crippen LogP contribution is -2.34. The van der Waals surface area contributed by atoms with E-state index < -0.39 is 5.91 Å². The summed E-state index contributed by atoms with van der Waals surface area (Å²) in [5.41, 5.74) is 6.39. The van der Waals surface area contributed by atoms with Crippen LogP contribution in [0.5, 0.6) is 0 Å². The number of rotatable bonds is 6. The first-order valence-electron chi connectivity index (χ1n) is 5.54. The molecule has 3 N–H and O–H groups in total. The lowest BCUT2D eigenvalue weighted by Gasteiger charge is -2.22. The minimum atomic E-state index is -0.467. The monoisotopic (exact) mass is 239 g/mol. The van der Waals surface area contributed by atoms with Crippen LogP contribution < -0.4 is 16.0 Å². The van der Waals surface area contributed by atoms with Gasteiger partial charge in [-0.05, 0) is 31.7 Å². The lowest BCUT2D eigenvalue weighted by atomic mass is 10.2. The molecule has 0 spiro atoms. The van der Waals surface area contributed by atoms with Crippen molar-refractivity contribution in [3.8, 4) is 0 Å². The Kier molecular flexibility index (Phi) is 4.90. The van der Waals surface area contributed by atoms with Crippen LogP contribution in [0.4, 0.5) is 10.1 Å². The number of nitrogens with two attached hydrogens (primary N) is 1. The fourth-order valence-electron chi connectivity index (χ4n) is 1.68. The topological polar surface area (TPSA) is 58.4 Å². The summed E-state index contributed by atoms with van der Waals surface area (Å²) in [5, 5.41) is 2.95. The molecule has 4 nitrogen and oxygen atoms in total. The maximum absolute atomic E-state index is 13.8. The maximum atomic E-state index is 13.8. The van der Waals surface area contributed by atoms with Crippen LogP contribution in [0.25, 0.3) is 0 Å². The zero-order valence-electron chi connectivity index (χ0n) is 10.2. The molecule has 17 heavy (non-hydrogen) atoms. The van der Waals surface area contributed by atoms with E-state index in [4.69, 9.17) is 5.73 Å². The second kappa shape index (κ2) is 6.20. The van der Waals surface area contributed by atoms with Crippen molar-refractivity contribution in [2.45, 2.75) is 13.5 Å². The molecule has 1 aromatic rings. The summed E-state index contributed by atoms with van der Waals surface area (Å²) < 4.78 is 13.8. The van der Waals surface area contributed by atoms with Gasteiger partial charge in [0.25, 0.3) is 0 Å². The van der Waals surface area contributed by atoms with Crippen LogP contribution in [0.3, 0.4) is 0 Å². The van der Waals surface area contributed by atoms with Crippen molar-refractivity contribution in [3.05, 3.63) is 29.6 Å². The fraction of sp³-hybridized carbons (Fsp3) is 0.417. The minimum Gasteiger partial charge on any atom is -0.368 e. The van der Waals surface area contributed by atoms with Crippen LogP contribution in [0.2, 0.25) is 0 Å². The molecule has 0 radical (unpaired) electrons. The maximum Gasteiger partial charge on any atom is 0.236 e. The minimum absolute atomic E-state index is 0.0266. The van der Waals surface area contributed by atoms with Crippen LogP contribution in [-0.2, 0) is 11.3 Å². The Morgan fingerprint density at radius 2 is 2.24 bits per heavy atom. The first-order chi connectivity index (χ1) is 8.08. The summed E-state index contributed by atoms with van der Waals surface area (Å²) >= 11 is 0. The van der Waals surface area contributed by atoms with E-state index >= 15 is 0 Å². The third kappa shape index (κ3) is 3.71. The number of carbonyl (C=O) groups excluding carboxylic acids is 1. The zero-order chi connectivity index (χ0) is 12.8. The second-order valence-corrected chi connectivity index (χ2v) is 3.80. The SMILES string of the molecule is CCN(CC(N)=O)c1ccc(CNC)cc1F. The average molecular weight is 239 g/mol. The number of benzene rings is 1. The Bertz CT molecular complexity index is 395. The number of nitrogens with one attached hydrogen (secondary N) is 1. The van der Waals surface area contributed by atoms with Gasteiger partial charge in [-0.25, -0.2) is 4.39 Å². The van der Waals surface area contributed by atoms with Crippen LogP contribution in [0.15, 0.2) is 18.2 Å². The first kappa shape index (κ1) is 13.4. The highest BCUT2D eigenvalue weighted by Gasteiger charge is 2.12. The van der Waals surface area contributed by atoms with E-state index in [0.29, 0.717) is 18.8 Å². The van der Waals surface area contributed by atoms with Gasteiger partial charge in [-0.2, -0.15) is 0 Å². The Balaban J connectivity index is 2.92. The molecule has 0 saturated carbocycles. The summed E-state index contributed by atoms with van der Waals surface area (Å²) in [6.07, 6.45) is 0. The molecular formula is C12H18FN3O. The van der Waals surface area contributed by atoms with E-state index in [0.717, 1.165) is 5.56 Å². The number of nitrogens with zero attached hydrogens (tertiary/aromatic N) is 1. The predicted molar refractivity (Wildman–Crippen MR) is 66.2 cm³/mol. The van der Waals surface area contributed by atoms with E-state index in [9.17, 15) is 9.18 Å². The Morgan fingerprint density at radius 3 is 2.71 bits per heavy atom. The summed E-state index contributed by atoms with van der Waals surface area (Å²) in [7, 11) is 1.80. The van der Waals surface area contributed by atoms with Gasteiger partial charge in [0.2, 0.25) is 5.91 Å². The van der Waals surface area contributed by atoms with Gasteiger partial charge in [0.05, 0.1) is 12.2 Å². The van der Waals surface area contributed by atoms with Gasteiger partial charge in [0.1, 0.15) is 5.82 Å². The van der Waals surface area contributed by atoms with Gasteiger partial charge in [-0.15, -0.1) is 0 Å². The number of halogens is 1. The van der Waals surface area contributed by atoms with Gasteiger partial charge in [-0.1, -0.05) is 6.07 Å². The number of amides is 1. The van der Waals surface area contributed by atoms with E-state index in [2.05, 4.69) is 5.32 Å². The molecule has 0 aliphatic rings. The molecule has 0 aliphatic carbocycles. The van der Waals surface area contributed by atoms with Crippen molar-refractivity contribution in [1.82, 2.24) is 5.32 Å². The van der Waals surface area contributed by atoms with Gasteiger partial charge < -0.3 is 16.0 Å².